The standard InChI is InChI=1S/C31H38N4O7/c1-3-39-27-7-5-4-6-26(27)32-31(37)34(13-12-33-14-16-38-17-15-33)21-30(36)35(20-25-10-8-23(2)42-25)19-24-9-11-28-29(18-24)41-22-40-28/h4-11,18H,3,12-17,19-22H2,1-2H3,(H,32,37). The van der Waals surface area contributed by atoms with E-state index in [0.29, 0.717) is 68.2 Å². The van der Waals surface area contributed by atoms with Gasteiger partial charge in [0.25, 0.3) is 0 Å². The number of carbonyl (C=O) groups excluding carboxylic acids is 2. The Balaban J connectivity index is 1.34. The number of hydrogen-bond acceptors (Lipinski definition) is 8. The highest BCUT2D eigenvalue weighted by atomic mass is 16.7. The summed E-state index contributed by atoms with van der Waals surface area (Å²) in [5.41, 5.74) is 1.43. The Bertz CT molecular complexity index is 1350. The van der Waals surface area contributed by atoms with Gasteiger partial charge in [0.15, 0.2) is 11.5 Å². The van der Waals surface area contributed by atoms with E-state index in [2.05, 4.69) is 10.2 Å². The molecule has 1 aromatic heterocycles. The van der Waals surface area contributed by atoms with Crippen LogP contribution in [0.15, 0.2) is 59.0 Å². The number of nitrogens with one attached hydrogen (secondary N) is 1. The molecule has 2 aromatic carbocycles. The molecule has 3 heterocycles. The van der Waals surface area contributed by atoms with E-state index in [1.165, 1.54) is 0 Å². The minimum atomic E-state index is -0.374. The summed E-state index contributed by atoms with van der Waals surface area (Å²) < 4.78 is 28.0. The molecule has 0 radical (unpaired) electrons. The number of hydrogen-bond donors (Lipinski definition) is 1. The second-order valence-corrected chi connectivity index (χ2v) is 10.2. The monoisotopic (exact) mass is 578 g/mol. The lowest BCUT2D eigenvalue weighted by Gasteiger charge is -2.31. The predicted octanol–water partition coefficient (Wildman–Crippen LogP) is 4.11. The van der Waals surface area contributed by atoms with Crippen LogP contribution in [0.25, 0.3) is 0 Å². The normalized spacial score (nSPS) is 14.4. The molecular weight excluding hydrogens is 540 g/mol. The highest BCUT2D eigenvalue weighted by molar-refractivity contribution is 5.93. The highest BCUT2D eigenvalue weighted by Gasteiger charge is 2.25. The minimum absolute atomic E-state index is 0.114. The Morgan fingerprint density at radius 1 is 0.976 bits per heavy atom. The number of morpholine rings is 1. The predicted molar refractivity (Wildman–Crippen MR) is 156 cm³/mol. The lowest BCUT2D eigenvalue weighted by molar-refractivity contribution is -0.133. The van der Waals surface area contributed by atoms with Crippen LogP contribution in [-0.4, -0.2) is 86.0 Å². The Kier molecular flexibility index (Phi) is 9.83. The average Bonchev–Trinajstić information content (AvgIpc) is 3.64. The average molecular weight is 579 g/mol. The first-order valence-electron chi connectivity index (χ1n) is 14.3. The number of rotatable bonds is 12. The zero-order valence-corrected chi connectivity index (χ0v) is 24.2. The molecule has 0 bridgehead atoms. The van der Waals surface area contributed by atoms with Crippen LogP contribution in [0.1, 0.15) is 24.0 Å². The van der Waals surface area contributed by atoms with Crippen molar-refractivity contribution in [1.29, 1.82) is 0 Å². The number of urea groups is 1. The van der Waals surface area contributed by atoms with Crippen LogP contribution in [-0.2, 0) is 22.6 Å². The Labute approximate surface area is 245 Å². The van der Waals surface area contributed by atoms with Gasteiger partial charge in [-0.25, -0.2) is 4.79 Å². The van der Waals surface area contributed by atoms with Crippen molar-refractivity contribution in [3.8, 4) is 17.2 Å². The first-order chi connectivity index (χ1) is 20.5. The van der Waals surface area contributed by atoms with Crippen molar-refractivity contribution in [1.82, 2.24) is 14.7 Å². The first kappa shape index (κ1) is 29.3. The summed E-state index contributed by atoms with van der Waals surface area (Å²) in [7, 11) is 0. The van der Waals surface area contributed by atoms with Crippen LogP contribution in [0.3, 0.4) is 0 Å². The van der Waals surface area contributed by atoms with Crippen molar-refractivity contribution in [3.05, 3.63) is 71.7 Å². The number of benzene rings is 2. The van der Waals surface area contributed by atoms with E-state index in [9.17, 15) is 9.59 Å². The Morgan fingerprint density at radius 3 is 2.57 bits per heavy atom. The summed E-state index contributed by atoms with van der Waals surface area (Å²) in [6.07, 6.45) is 0. The SMILES string of the molecule is CCOc1ccccc1NC(=O)N(CCN1CCOCC1)CC(=O)N(Cc1ccc2c(c1)OCO2)Cc1ccc(C)o1. The second kappa shape index (κ2) is 14.1. The summed E-state index contributed by atoms with van der Waals surface area (Å²) >= 11 is 0. The van der Waals surface area contributed by atoms with E-state index in [1.807, 2.05) is 56.3 Å². The molecule has 3 aromatic rings. The van der Waals surface area contributed by atoms with Crippen LogP contribution < -0.4 is 19.5 Å². The quantitative estimate of drug-likeness (QED) is 0.342. The van der Waals surface area contributed by atoms with Gasteiger partial charge in [0, 0.05) is 32.7 Å². The molecule has 0 spiro atoms. The third kappa shape index (κ3) is 7.74. The van der Waals surface area contributed by atoms with Crippen LogP contribution >= 0.6 is 0 Å². The van der Waals surface area contributed by atoms with E-state index in [-0.39, 0.29) is 31.8 Å². The lowest BCUT2D eigenvalue weighted by Crippen LogP contribution is -2.48. The second-order valence-electron chi connectivity index (χ2n) is 10.2. The van der Waals surface area contributed by atoms with Gasteiger partial charge in [0.1, 0.15) is 23.8 Å². The van der Waals surface area contributed by atoms with Crippen LogP contribution in [0.5, 0.6) is 17.2 Å². The van der Waals surface area contributed by atoms with Crippen LogP contribution in [0.2, 0.25) is 0 Å². The summed E-state index contributed by atoms with van der Waals surface area (Å²) in [5.74, 6) is 3.11. The molecule has 11 nitrogen and oxygen atoms in total. The number of ether oxygens (including phenoxy) is 4. The molecule has 0 atom stereocenters. The smallest absolute Gasteiger partial charge is 0.322 e. The number of fused-ring (bicyclic) bond motifs is 1. The van der Waals surface area contributed by atoms with E-state index >= 15 is 0 Å². The first-order valence-corrected chi connectivity index (χ1v) is 14.3. The van der Waals surface area contributed by atoms with Gasteiger partial charge in [0.2, 0.25) is 12.7 Å². The minimum Gasteiger partial charge on any atom is -0.492 e. The van der Waals surface area contributed by atoms with Gasteiger partial charge in [-0.1, -0.05) is 18.2 Å². The molecule has 0 aliphatic carbocycles. The number of amides is 3. The number of carbonyl (C=O) groups is 2. The number of para-hydroxylation sites is 2. The molecule has 1 N–H and O–H groups in total. The van der Waals surface area contributed by atoms with Gasteiger partial charge in [0.05, 0.1) is 32.1 Å². The van der Waals surface area contributed by atoms with Crippen LogP contribution in [0.4, 0.5) is 10.5 Å². The molecule has 42 heavy (non-hydrogen) atoms. The molecule has 3 amide bonds. The fraction of sp³-hybridized carbons (Fsp3) is 0.419. The Hall–Kier alpha value is -4.22. The van der Waals surface area contributed by atoms with E-state index in [0.717, 1.165) is 24.4 Å². The number of aryl methyl sites for hydroxylation is 1. The zero-order chi connectivity index (χ0) is 29.3. The zero-order valence-electron chi connectivity index (χ0n) is 24.2. The molecule has 2 aliphatic heterocycles. The van der Waals surface area contributed by atoms with Gasteiger partial charge in [-0.2, -0.15) is 0 Å². The third-order valence-electron chi connectivity index (χ3n) is 7.14. The number of anilines is 1. The topological polar surface area (TPSA) is 106 Å². The van der Waals surface area contributed by atoms with Crippen molar-refractivity contribution in [2.24, 2.45) is 0 Å². The molecule has 5 rings (SSSR count). The molecule has 0 saturated carbocycles. The van der Waals surface area contributed by atoms with Crippen molar-refractivity contribution in [2.75, 3.05) is 64.7 Å². The fourth-order valence-electron chi connectivity index (χ4n) is 4.90. The molecular formula is C31H38N4O7. The van der Waals surface area contributed by atoms with Gasteiger partial charge < -0.3 is 38.5 Å². The molecule has 2 aliphatic rings. The van der Waals surface area contributed by atoms with E-state index in [1.54, 1.807) is 21.9 Å². The van der Waals surface area contributed by atoms with Crippen molar-refractivity contribution in [3.63, 3.8) is 0 Å². The van der Waals surface area contributed by atoms with Crippen molar-refractivity contribution < 1.29 is 33.0 Å². The highest BCUT2D eigenvalue weighted by Crippen LogP contribution is 2.33. The molecule has 224 valence electrons. The van der Waals surface area contributed by atoms with Crippen LogP contribution in [0, 0.1) is 6.92 Å². The molecule has 11 heteroatoms. The maximum Gasteiger partial charge on any atom is 0.322 e. The van der Waals surface area contributed by atoms with Gasteiger partial charge in [-0.05, 0) is 55.8 Å². The van der Waals surface area contributed by atoms with Gasteiger partial charge >= 0.3 is 6.03 Å². The molecule has 1 fully saturated rings. The Morgan fingerprint density at radius 2 is 1.79 bits per heavy atom. The van der Waals surface area contributed by atoms with Crippen molar-refractivity contribution in [2.45, 2.75) is 26.9 Å². The summed E-state index contributed by atoms with van der Waals surface area (Å²) in [5, 5.41) is 2.96. The van der Waals surface area contributed by atoms with Gasteiger partial charge in [-0.3, -0.25) is 9.69 Å². The van der Waals surface area contributed by atoms with Crippen molar-refractivity contribution >= 4 is 17.6 Å². The number of furan rings is 1. The summed E-state index contributed by atoms with van der Waals surface area (Å²) in [6.45, 7) is 8.70. The lowest BCUT2D eigenvalue weighted by atomic mass is 10.2. The summed E-state index contributed by atoms with van der Waals surface area (Å²) in [6, 6.07) is 16.3. The number of nitrogens with zero attached hydrogens (tertiary/aromatic N) is 3. The molecule has 1 saturated heterocycles. The largest absolute Gasteiger partial charge is 0.492 e. The van der Waals surface area contributed by atoms with E-state index in [4.69, 9.17) is 23.4 Å². The maximum atomic E-state index is 13.9. The van der Waals surface area contributed by atoms with Gasteiger partial charge in [-0.15, -0.1) is 0 Å². The molecule has 0 unspecified atom stereocenters. The summed E-state index contributed by atoms with van der Waals surface area (Å²) in [4.78, 5) is 33.1. The third-order valence-corrected chi connectivity index (χ3v) is 7.14. The van der Waals surface area contributed by atoms with E-state index < -0.39 is 0 Å². The fourth-order valence-corrected chi connectivity index (χ4v) is 4.90. The maximum absolute atomic E-state index is 13.9.